The molecule has 102 valence electrons. The Morgan fingerprint density at radius 3 is 2.65 bits per heavy atom. The Morgan fingerprint density at radius 2 is 1.95 bits per heavy atom. The second-order valence-electron chi connectivity index (χ2n) is 4.71. The Labute approximate surface area is 116 Å². The van der Waals surface area contributed by atoms with Crippen LogP contribution in [0.4, 0.5) is 0 Å². The second kappa shape index (κ2) is 4.94. The van der Waals surface area contributed by atoms with Gasteiger partial charge in [-0.15, -0.1) is 0 Å². The smallest absolute Gasteiger partial charge is 0.324 e. The Balaban J connectivity index is 2.24. The van der Waals surface area contributed by atoms with E-state index in [1.165, 1.54) is 0 Å². The van der Waals surface area contributed by atoms with Crippen LogP contribution in [0.25, 0.3) is 5.65 Å². The van der Waals surface area contributed by atoms with Gasteiger partial charge < -0.3 is 5.73 Å². The molecule has 2 N–H and O–H groups in total. The lowest BCUT2D eigenvalue weighted by molar-refractivity contribution is 0.543. The molecule has 0 amide bonds. The molecule has 0 aliphatic rings. The highest BCUT2D eigenvalue weighted by molar-refractivity contribution is 5.38. The molecule has 3 rings (SSSR count). The van der Waals surface area contributed by atoms with Gasteiger partial charge in [0.1, 0.15) is 11.5 Å². The summed E-state index contributed by atoms with van der Waals surface area (Å²) >= 11 is 0. The quantitative estimate of drug-likeness (QED) is 0.784. The molecule has 0 saturated carbocycles. The number of hydrogen-bond acceptors (Lipinski definition) is 3. The van der Waals surface area contributed by atoms with Crippen molar-refractivity contribution >= 4 is 5.65 Å². The number of benzene rings is 1. The largest absolute Gasteiger partial charge is 0.335 e. The molecule has 0 saturated heterocycles. The van der Waals surface area contributed by atoms with Gasteiger partial charge in [0.2, 0.25) is 0 Å². The fourth-order valence-corrected chi connectivity index (χ4v) is 2.45. The normalized spacial score (nSPS) is 12.7. The summed E-state index contributed by atoms with van der Waals surface area (Å²) in [6.45, 7) is 2.21. The van der Waals surface area contributed by atoms with Crippen molar-refractivity contribution in [2.24, 2.45) is 5.73 Å². The predicted octanol–water partition coefficient (Wildman–Crippen LogP) is 1.56. The second-order valence-corrected chi connectivity index (χ2v) is 4.71. The summed E-state index contributed by atoms with van der Waals surface area (Å²) in [5, 5.41) is 0. The fourth-order valence-electron chi connectivity index (χ4n) is 2.45. The van der Waals surface area contributed by atoms with Gasteiger partial charge in [0.25, 0.3) is 0 Å². The molecule has 1 atom stereocenters. The molecule has 0 aliphatic heterocycles. The minimum Gasteiger partial charge on any atom is -0.324 e. The molecule has 0 unspecified atom stereocenters. The molecule has 2 aromatic heterocycles. The molecular weight excluding hydrogens is 252 g/mol. The molecule has 1 aromatic carbocycles. The lowest BCUT2D eigenvalue weighted by Gasteiger charge is -2.19. The Morgan fingerprint density at radius 1 is 1.20 bits per heavy atom. The van der Waals surface area contributed by atoms with E-state index in [0.717, 1.165) is 5.56 Å². The van der Waals surface area contributed by atoms with E-state index in [-0.39, 0.29) is 18.3 Å². The van der Waals surface area contributed by atoms with Crippen molar-refractivity contribution in [3.8, 4) is 0 Å². The summed E-state index contributed by atoms with van der Waals surface area (Å²) in [6.07, 6.45) is 1.72. The zero-order valence-electron chi connectivity index (χ0n) is 11.2. The minimum atomic E-state index is -0.114. The Hall–Kier alpha value is -2.40. The number of aromatic nitrogens is 3. The first-order valence-electron chi connectivity index (χ1n) is 6.56. The van der Waals surface area contributed by atoms with Crippen LogP contribution in [0.5, 0.6) is 0 Å². The van der Waals surface area contributed by atoms with E-state index in [2.05, 4.69) is 4.98 Å². The molecule has 5 heteroatoms. The number of rotatable bonds is 3. The molecule has 0 aliphatic carbocycles. The molecule has 3 aromatic rings. The maximum absolute atomic E-state index is 12.6. The van der Waals surface area contributed by atoms with Crippen LogP contribution in [-0.4, -0.2) is 14.0 Å². The van der Waals surface area contributed by atoms with Crippen LogP contribution in [-0.2, 0) is 6.54 Å². The van der Waals surface area contributed by atoms with Gasteiger partial charge in [0, 0.05) is 6.20 Å². The monoisotopic (exact) mass is 268 g/mol. The summed E-state index contributed by atoms with van der Waals surface area (Å²) in [7, 11) is 0. The first-order chi connectivity index (χ1) is 9.72. The molecule has 5 nitrogen and oxygen atoms in total. The molecule has 0 radical (unpaired) electrons. The average Bonchev–Trinajstić information content (AvgIpc) is 2.96. The zero-order valence-corrected chi connectivity index (χ0v) is 11.2. The minimum absolute atomic E-state index is 0.110. The van der Waals surface area contributed by atoms with Gasteiger partial charge in [0.15, 0.2) is 0 Å². The molecular formula is C15H16N4O. The zero-order chi connectivity index (χ0) is 14.1. The first-order valence-corrected chi connectivity index (χ1v) is 6.56. The van der Waals surface area contributed by atoms with Crippen LogP contribution < -0.4 is 11.4 Å². The molecule has 2 heterocycles. The SMILES string of the molecule is C[C@@H](c1ccccc1)n1c(CN)nc2cccn2c1=O. The van der Waals surface area contributed by atoms with Crippen molar-refractivity contribution in [2.75, 3.05) is 0 Å². The van der Waals surface area contributed by atoms with Gasteiger partial charge in [-0.05, 0) is 24.6 Å². The van der Waals surface area contributed by atoms with Gasteiger partial charge in [-0.2, -0.15) is 0 Å². The van der Waals surface area contributed by atoms with E-state index in [1.54, 1.807) is 21.2 Å². The number of nitrogens with two attached hydrogens (primary N) is 1. The van der Waals surface area contributed by atoms with Crippen molar-refractivity contribution < 1.29 is 0 Å². The van der Waals surface area contributed by atoms with Gasteiger partial charge in [0.05, 0.1) is 12.6 Å². The van der Waals surface area contributed by atoms with Gasteiger partial charge in [-0.1, -0.05) is 30.3 Å². The molecule has 0 fully saturated rings. The van der Waals surface area contributed by atoms with E-state index in [9.17, 15) is 4.79 Å². The van der Waals surface area contributed by atoms with E-state index in [1.807, 2.05) is 43.3 Å². The first kappa shape index (κ1) is 12.6. The third kappa shape index (κ3) is 1.92. The standard InChI is InChI=1S/C15H16N4O/c1-11(12-6-3-2-4-7-12)19-14(10-16)17-13-8-5-9-18(13)15(19)20/h2-9,11H,10,16H2,1H3/t11-/m0/s1. The lowest BCUT2D eigenvalue weighted by atomic mass is 10.1. The Kier molecular flexibility index (Phi) is 3.12. The van der Waals surface area contributed by atoms with Crippen molar-refractivity contribution in [2.45, 2.75) is 19.5 Å². The summed E-state index contributed by atoms with van der Waals surface area (Å²) in [4.78, 5) is 17.1. The van der Waals surface area contributed by atoms with E-state index >= 15 is 0 Å². The number of nitrogens with zero attached hydrogens (tertiary/aromatic N) is 3. The highest BCUT2D eigenvalue weighted by Gasteiger charge is 2.16. The van der Waals surface area contributed by atoms with Crippen LogP contribution in [0.15, 0.2) is 53.5 Å². The van der Waals surface area contributed by atoms with Crippen LogP contribution >= 0.6 is 0 Å². The van der Waals surface area contributed by atoms with E-state index in [4.69, 9.17) is 5.73 Å². The van der Waals surface area contributed by atoms with Crippen molar-refractivity contribution in [3.63, 3.8) is 0 Å². The van der Waals surface area contributed by atoms with Gasteiger partial charge in [-0.25, -0.2) is 9.78 Å². The average molecular weight is 268 g/mol. The van der Waals surface area contributed by atoms with E-state index in [0.29, 0.717) is 11.5 Å². The highest BCUT2D eigenvalue weighted by Crippen LogP contribution is 2.17. The van der Waals surface area contributed by atoms with Crippen LogP contribution in [0.3, 0.4) is 0 Å². The molecule has 0 bridgehead atoms. The Bertz CT molecular complexity index is 788. The third-order valence-electron chi connectivity index (χ3n) is 3.51. The number of hydrogen-bond donors (Lipinski definition) is 1. The summed E-state index contributed by atoms with van der Waals surface area (Å²) < 4.78 is 3.20. The lowest BCUT2D eigenvalue weighted by Crippen LogP contribution is -2.33. The van der Waals surface area contributed by atoms with E-state index < -0.39 is 0 Å². The topological polar surface area (TPSA) is 65.3 Å². The summed E-state index contributed by atoms with van der Waals surface area (Å²) in [5.74, 6) is 0.595. The van der Waals surface area contributed by atoms with Crippen molar-refractivity contribution in [1.82, 2.24) is 14.0 Å². The molecule has 20 heavy (non-hydrogen) atoms. The van der Waals surface area contributed by atoms with Gasteiger partial charge in [-0.3, -0.25) is 8.97 Å². The van der Waals surface area contributed by atoms with Gasteiger partial charge >= 0.3 is 5.69 Å². The number of fused-ring (bicyclic) bond motifs is 1. The van der Waals surface area contributed by atoms with Crippen molar-refractivity contribution in [3.05, 3.63) is 70.5 Å². The predicted molar refractivity (Wildman–Crippen MR) is 77.6 cm³/mol. The highest BCUT2D eigenvalue weighted by atomic mass is 16.1. The maximum Gasteiger partial charge on any atom is 0.335 e. The summed E-state index contributed by atoms with van der Waals surface area (Å²) in [5.41, 5.74) is 7.33. The van der Waals surface area contributed by atoms with Crippen molar-refractivity contribution in [1.29, 1.82) is 0 Å². The van der Waals surface area contributed by atoms with Crippen LogP contribution in [0.2, 0.25) is 0 Å². The third-order valence-corrected chi connectivity index (χ3v) is 3.51. The molecule has 0 spiro atoms. The van der Waals surface area contributed by atoms with Crippen LogP contribution in [0, 0.1) is 0 Å². The maximum atomic E-state index is 12.6. The van der Waals surface area contributed by atoms with Crippen LogP contribution in [0.1, 0.15) is 24.4 Å². The summed E-state index contributed by atoms with van der Waals surface area (Å²) in [6, 6.07) is 13.4. The fraction of sp³-hybridized carbons (Fsp3) is 0.200.